The van der Waals surface area contributed by atoms with E-state index in [1.165, 1.54) is 265 Å². The smallest absolute Gasteiger partial charge is 0.493 e. The first kappa shape index (κ1) is 62.3. The van der Waals surface area contributed by atoms with Crippen LogP contribution in [0.15, 0.2) is 60.2 Å². The van der Waals surface area contributed by atoms with E-state index in [1.807, 2.05) is 0 Å². The minimum absolute atomic E-state index is 0.893. The molecule has 68 heavy (non-hydrogen) atoms. The molecule has 392 valence electrons. The molecule has 1 heterocycles. The normalized spacial score (nSPS) is 12.6. The summed E-state index contributed by atoms with van der Waals surface area (Å²) in [5.41, 5.74) is 19.3. The molecular weight excluding hydrogens is 915 g/mol. The first-order chi connectivity index (χ1) is 33.6. The summed E-state index contributed by atoms with van der Waals surface area (Å²) in [4.78, 5) is 3.09. The van der Waals surface area contributed by atoms with Crippen molar-refractivity contribution in [3.05, 3.63) is 88.0 Å². The molecule has 3 rings (SSSR count). The number of allylic oxidation sites excluding steroid dienone is 2. The van der Waals surface area contributed by atoms with Crippen molar-refractivity contribution in [2.24, 2.45) is 0 Å². The summed E-state index contributed by atoms with van der Waals surface area (Å²) in [7, 11) is 0. The summed E-state index contributed by atoms with van der Waals surface area (Å²) in [5.74, 6) is 0. The van der Waals surface area contributed by atoms with Crippen LogP contribution in [-0.4, -0.2) is 4.70 Å². The van der Waals surface area contributed by atoms with Gasteiger partial charge in [0, 0.05) is 22.8 Å². The molecule has 3 heteroatoms. The third-order valence-electron chi connectivity index (χ3n) is 14.4. The zero-order valence-electron chi connectivity index (χ0n) is 46.0. The van der Waals surface area contributed by atoms with Crippen LogP contribution in [0.25, 0.3) is 16.9 Å². The van der Waals surface area contributed by atoms with Crippen molar-refractivity contribution >= 4 is 11.4 Å². The van der Waals surface area contributed by atoms with Crippen LogP contribution >= 0.6 is 0 Å². The molecule has 0 saturated heterocycles. The maximum atomic E-state index is 11.3. The molecule has 0 radical (unpaired) electrons. The SMILES string of the molecule is CCCCCCCCCCCCCCCC[CH2][Pd][CH2]CCCCCCCCCCCCCCCC.CCCCCCc1ccc(C2=CC(CCCCC)=C(c3ccc(CCCC)cc3)[N+]2=[N-])cc1. The Hall–Kier alpha value is -1.82. The zero-order valence-corrected chi connectivity index (χ0v) is 47.6. The predicted molar refractivity (Wildman–Crippen MR) is 301 cm³/mol. The van der Waals surface area contributed by atoms with E-state index in [0.717, 1.165) is 66.2 Å². The van der Waals surface area contributed by atoms with Crippen molar-refractivity contribution in [2.45, 2.75) is 314 Å². The molecule has 0 N–H and O–H groups in total. The first-order valence-electron chi connectivity index (χ1n) is 30.2. The van der Waals surface area contributed by atoms with E-state index < -0.39 is 0 Å². The Morgan fingerprint density at radius 1 is 0.324 bits per heavy atom. The second-order valence-corrected chi connectivity index (χ2v) is 23.2. The average Bonchev–Trinajstić information content (AvgIpc) is 3.69. The van der Waals surface area contributed by atoms with Gasteiger partial charge in [-0.15, -0.1) is 0 Å². The molecule has 0 amide bonds. The fourth-order valence-corrected chi connectivity index (χ4v) is 11.7. The van der Waals surface area contributed by atoms with Gasteiger partial charge in [0.2, 0.25) is 11.4 Å². The van der Waals surface area contributed by atoms with Crippen molar-refractivity contribution < 1.29 is 22.7 Å². The van der Waals surface area contributed by atoms with Crippen molar-refractivity contribution in [3.63, 3.8) is 0 Å². The van der Waals surface area contributed by atoms with Gasteiger partial charge < -0.3 is 5.53 Å². The zero-order chi connectivity index (χ0) is 48.8. The molecule has 0 bridgehead atoms. The molecule has 0 saturated carbocycles. The fourth-order valence-electron chi connectivity index (χ4n) is 9.77. The molecule has 2 aromatic carbocycles. The van der Waals surface area contributed by atoms with Crippen LogP contribution in [0.3, 0.4) is 0 Å². The van der Waals surface area contributed by atoms with Crippen LogP contribution in [-0.2, 0) is 30.8 Å². The Morgan fingerprint density at radius 3 is 1.00 bits per heavy atom. The monoisotopic (exact) mass is 1030 g/mol. The van der Waals surface area contributed by atoms with E-state index in [4.69, 9.17) is 0 Å². The van der Waals surface area contributed by atoms with E-state index >= 15 is 0 Å². The van der Waals surface area contributed by atoms with Gasteiger partial charge in [0.1, 0.15) is 0 Å². The van der Waals surface area contributed by atoms with Crippen LogP contribution < -0.4 is 0 Å². The van der Waals surface area contributed by atoms with Crippen LogP contribution in [0.2, 0.25) is 9.79 Å². The van der Waals surface area contributed by atoms with Gasteiger partial charge in [0.15, 0.2) is 0 Å². The number of hydrogen-bond donors (Lipinski definition) is 0. The third-order valence-corrected chi connectivity index (χ3v) is 16.6. The van der Waals surface area contributed by atoms with E-state index in [0.29, 0.717) is 0 Å². The van der Waals surface area contributed by atoms with Gasteiger partial charge in [0.05, 0.1) is 0 Å². The maximum absolute atomic E-state index is 11.3. The van der Waals surface area contributed by atoms with Gasteiger partial charge >= 0.3 is 169 Å². The van der Waals surface area contributed by atoms with E-state index in [-0.39, 0.29) is 0 Å². The van der Waals surface area contributed by atoms with Gasteiger partial charge in [-0.2, -0.15) is 0 Å². The number of unbranched alkanes of at least 4 members (excludes halogenated alkanes) is 34. The van der Waals surface area contributed by atoms with Gasteiger partial charge in [-0.3, -0.25) is 0 Å². The summed E-state index contributed by atoms with van der Waals surface area (Å²) >= 11 is 1.06. The van der Waals surface area contributed by atoms with Gasteiger partial charge in [0.25, 0.3) is 0 Å². The molecule has 0 fully saturated rings. The first-order valence-corrected chi connectivity index (χ1v) is 32.4. The standard InChI is InChI=1S/C31H42N2.2C17H35.Pd/c1-4-7-10-12-14-26-16-20-27(21-17-26)30-24-29(15-11-8-5-2)31(33(30)32)28-22-18-25(19-23-28)13-9-6-3;2*1-3-5-7-9-11-13-15-17-16-14-12-10-8-6-4-2;/h16-24H,4-15H2,1-3H3;2*1,3-17H2,2H3;. The van der Waals surface area contributed by atoms with Crippen molar-refractivity contribution in [1.82, 2.24) is 0 Å². The van der Waals surface area contributed by atoms with Gasteiger partial charge in [-0.1, -0.05) is 149 Å². The quantitative estimate of drug-likeness (QED) is 0.0359. The van der Waals surface area contributed by atoms with Crippen molar-refractivity contribution in [2.75, 3.05) is 0 Å². The summed E-state index contributed by atoms with van der Waals surface area (Å²) in [6.07, 6.45) is 61.1. The van der Waals surface area contributed by atoms with Crippen LogP contribution in [0, 0.1) is 0 Å². The van der Waals surface area contributed by atoms with E-state index in [2.05, 4.69) is 89.2 Å². The summed E-state index contributed by atoms with van der Waals surface area (Å²) < 4.78 is 1.43. The Labute approximate surface area is 433 Å². The number of nitrogens with zero attached hydrogens (tertiary/aromatic N) is 2. The fraction of sp³-hybridized carbons (Fsp3) is 0.754. The minimum Gasteiger partial charge on any atom is -0.493 e. The van der Waals surface area contributed by atoms with Gasteiger partial charge in [-0.05, 0) is 73.9 Å². The number of benzene rings is 2. The van der Waals surface area contributed by atoms with E-state index in [1.54, 1.807) is 9.79 Å². The molecule has 0 spiro atoms. The number of rotatable bonds is 46. The molecule has 0 aliphatic carbocycles. The summed E-state index contributed by atoms with van der Waals surface area (Å²) in [6, 6.07) is 17.6. The molecule has 1 aliphatic rings. The summed E-state index contributed by atoms with van der Waals surface area (Å²) in [6.45, 7) is 11.3. The Kier molecular flexibility index (Phi) is 42.4. The minimum atomic E-state index is 0.893. The number of hydrogen-bond acceptors (Lipinski definition) is 0. The Morgan fingerprint density at radius 2 is 0.618 bits per heavy atom. The Bertz CT molecular complexity index is 1450. The predicted octanol–water partition coefficient (Wildman–Crippen LogP) is 23.2. The molecule has 2 aromatic rings. The van der Waals surface area contributed by atoms with Gasteiger partial charge in [-0.25, -0.2) is 4.70 Å². The van der Waals surface area contributed by atoms with E-state index in [9.17, 15) is 5.53 Å². The molecule has 2 nitrogen and oxygen atoms in total. The van der Waals surface area contributed by atoms with Crippen molar-refractivity contribution in [1.29, 1.82) is 0 Å². The van der Waals surface area contributed by atoms with Crippen LogP contribution in [0.1, 0.15) is 314 Å². The number of aryl methyl sites for hydroxylation is 2. The summed E-state index contributed by atoms with van der Waals surface area (Å²) in [5, 5.41) is 0. The molecule has 1 aliphatic heterocycles. The second-order valence-electron chi connectivity index (χ2n) is 20.9. The third kappa shape index (κ3) is 32.2. The topological polar surface area (TPSA) is 25.3 Å². The Balaban J connectivity index is 0.000000467. The molecule has 0 atom stereocenters. The van der Waals surface area contributed by atoms with Crippen molar-refractivity contribution in [3.8, 4) is 0 Å². The van der Waals surface area contributed by atoms with Crippen LogP contribution in [0.4, 0.5) is 0 Å². The average molecular weight is 1030 g/mol. The second kappa shape index (κ2) is 46.3. The molecule has 0 unspecified atom stereocenters. The molecular formula is C65H112N2Pd. The van der Waals surface area contributed by atoms with Crippen LogP contribution in [0.5, 0.6) is 0 Å². The molecule has 0 aromatic heterocycles.